The Balaban J connectivity index is 0.000000142. The van der Waals surface area contributed by atoms with Crippen LogP contribution >= 0.6 is 66.6 Å². The molecule has 0 aliphatic rings. The molecule has 16 rings (SSSR count). The molecule has 520 valence electrons. The van der Waals surface area contributed by atoms with E-state index >= 15 is 0 Å². The van der Waals surface area contributed by atoms with Crippen molar-refractivity contribution in [2.24, 2.45) is 0 Å². The van der Waals surface area contributed by atoms with E-state index in [1.165, 1.54) is 95.5 Å². The molecule has 0 aromatic heterocycles. The smallest absolute Gasteiger partial charge is 0.00675 e. The largest absolute Gasteiger partial charge is 0.0622 e. The second-order valence-corrected chi connectivity index (χ2v) is 36.9. The van der Waals surface area contributed by atoms with Crippen molar-refractivity contribution in [3.8, 4) is 0 Å². The number of benzene rings is 16. The standard InChI is InChI=1S/2C30H24P2.2C18H15P.2Ag.HI/c2*1-5-15-25(16-6-1)31(26-17-7-2-8-18-26)29-23-13-14-24-30(29)32(27-19-9-3-10-20-27)28-21-11-4-12-22-28;2*1-4-10-16(11-5-1)19(17-12-6-2-7-13-17)18-14-8-3-9-15-18;;;/h2*1-24H;2*1-15H;;;1H/q;;;;2*+1;/p-1. The van der Waals surface area contributed by atoms with Crippen LogP contribution in [0.3, 0.4) is 0 Å². The van der Waals surface area contributed by atoms with Gasteiger partial charge in [0, 0.05) is 0 Å². The second-order valence-electron chi connectivity index (χ2n) is 23.7. The summed E-state index contributed by atoms with van der Waals surface area (Å²) >= 11 is 4.88. The Kier molecular flexibility index (Phi) is 32.2. The molecule has 0 nitrogen and oxygen atoms in total. The summed E-state index contributed by atoms with van der Waals surface area (Å²) in [6.45, 7) is 0. The average Bonchev–Trinajstić information content (AvgIpc) is 0.781. The molecular formula is C96H78Ag2IP6+. The maximum atomic E-state index is 2.92. The van der Waals surface area contributed by atoms with Crippen LogP contribution in [0.15, 0.2) is 473 Å². The van der Waals surface area contributed by atoms with Crippen LogP contribution in [-0.4, -0.2) is 0 Å². The van der Waals surface area contributed by atoms with Gasteiger partial charge >= 0.3 is 58.7 Å². The van der Waals surface area contributed by atoms with Crippen molar-refractivity contribution in [1.82, 2.24) is 0 Å². The Hall–Kier alpha value is -7.69. The molecule has 0 saturated carbocycles. The van der Waals surface area contributed by atoms with Gasteiger partial charge in [0.25, 0.3) is 0 Å². The molecule has 0 radical (unpaired) electrons. The van der Waals surface area contributed by atoms with Gasteiger partial charge in [0.2, 0.25) is 0 Å². The molecule has 9 heteroatoms. The summed E-state index contributed by atoms with van der Waals surface area (Å²) in [7, 11) is -3.55. The number of hydrogen-bond acceptors (Lipinski definition) is 0. The van der Waals surface area contributed by atoms with Crippen molar-refractivity contribution in [3.63, 3.8) is 0 Å². The van der Waals surface area contributed by atoms with Gasteiger partial charge in [-0.3, -0.25) is 0 Å². The summed E-state index contributed by atoms with van der Waals surface area (Å²) in [6.07, 6.45) is 0. The minimum Gasteiger partial charge on any atom is -0.0622 e. The van der Waals surface area contributed by atoms with Gasteiger partial charge in [-0.2, -0.15) is 0 Å². The molecular weight excluding hydrogens is 1680 g/mol. The Morgan fingerprint density at radius 1 is 0.114 bits per heavy atom. The number of hydrogen-bond donors (Lipinski definition) is 0. The predicted octanol–water partition coefficient (Wildman–Crippen LogP) is 18.2. The minimum atomic E-state index is -0.664. The average molecular weight is 1760 g/mol. The van der Waals surface area contributed by atoms with E-state index in [0.29, 0.717) is 0 Å². The summed E-state index contributed by atoms with van der Waals surface area (Å²) in [5.41, 5.74) is 0. The summed E-state index contributed by atoms with van der Waals surface area (Å²) in [5, 5.41) is 25.3. The van der Waals surface area contributed by atoms with Crippen molar-refractivity contribution in [2.45, 2.75) is 0 Å². The first-order chi connectivity index (χ1) is 51.7. The Morgan fingerprint density at radius 2 is 0.190 bits per heavy atom. The molecule has 16 aromatic carbocycles. The molecule has 0 unspecified atom stereocenters. The first-order valence-corrected chi connectivity index (χ1v) is 47.0. The summed E-state index contributed by atoms with van der Waals surface area (Å²) < 4.78 is 0. The van der Waals surface area contributed by atoms with Gasteiger partial charge in [-0.1, -0.05) is 473 Å². The van der Waals surface area contributed by atoms with Crippen LogP contribution in [0.4, 0.5) is 0 Å². The topological polar surface area (TPSA) is 0 Å². The minimum absolute atomic E-state index is 0. The van der Waals surface area contributed by atoms with E-state index in [4.69, 9.17) is 0 Å². The fourth-order valence-electron chi connectivity index (χ4n) is 12.4. The Labute approximate surface area is 668 Å². The van der Waals surface area contributed by atoms with Crippen LogP contribution in [0.1, 0.15) is 0 Å². The van der Waals surface area contributed by atoms with E-state index in [1.807, 2.05) is 19.0 Å². The molecule has 0 N–H and O–H groups in total. The van der Waals surface area contributed by atoms with E-state index in [0.717, 1.165) is 0 Å². The molecule has 0 bridgehead atoms. The first kappa shape index (κ1) is 78.4. The fourth-order valence-corrected chi connectivity index (χ4v) is 27.5. The zero-order chi connectivity index (χ0) is 71.0. The van der Waals surface area contributed by atoms with Crippen molar-refractivity contribution in [1.29, 1.82) is 0 Å². The third-order valence-corrected chi connectivity index (χ3v) is 32.2. The molecule has 0 spiro atoms. The molecule has 16 aromatic rings. The Morgan fingerprint density at radius 3 is 0.286 bits per heavy atom. The van der Waals surface area contributed by atoms with E-state index in [9.17, 15) is 0 Å². The van der Waals surface area contributed by atoms with Crippen molar-refractivity contribution in [2.75, 3.05) is 0 Å². The van der Waals surface area contributed by atoms with Gasteiger partial charge in [-0.15, -0.1) is 0 Å². The van der Waals surface area contributed by atoms with Gasteiger partial charge in [0.15, 0.2) is 0 Å². The molecule has 0 aliphatic heterocycles. The van der Waals surface area contributed by atoms with Crippen LogP contribution in [0.5, 0.6) is 0 Å². The maximum absolute atomic E-state index is 2.92. The molecule has 0 fully saturated rings. The van der Waals surface area contributed by atoms with E-state index in [2.05, 4.69) is 490 Å². The van der Waals surface area contributed by atoms with Gasteiger partial charge < -0.3 is 0 Å². The Bertz CT molecular complexity index is 4150. The number of rotatable bonds is 18. The zero-order valence-corrected chi connectivity index (χ0v) is 68.2. The summed E-state index contributed by atoms with van der Waals surface area (Å²) in [4.78, 5) is 0. The van der Waals surface area contributed by atoms with Crippen molar-refractivity contribution >= 4 is 162 Å². The van der Waals surface area contributed by atoms with Crippen LogP contribution in [0.25, 0.3) is 0 Å². The van der Waals surface area contributed by atoms with Crippen molar-refractivity contribution in [3.05, 3.63) is 473 Å². The molecule has 0 atom stereocenters. The number of halogens is 1. The van der Waals surface area contributed by atoms with Crippen LogP contribution in [0, 0.1) is 0 Å². The predicted molar refractivity (Wildman–Crippen MR) is 472 cm³/mol. The van der Waals surface area contributed by atoms with E-state index in [1.54, 1.807) is 0 Å². The van der Waals surface area contributed by atoms with Crippen LogP contribution in [-0.2, 0) is 39.6 Å². The molecule has 105 heavy (non-hydrogen) atoms. The van der Waals surface area contributed by atoms with Gasteiger partial charge in [0.1, 0.15) is 0 Å². The second kappa shape index (κ2) is 43.2. The van der Waals surface area contributed by atoms with E-state index in [-0.39, 0.29) is 22.4 Å². The molecule has 0 heterocycles. The monoisotopic (exact) mass is 1760 g/mol. The quantitative estimate of drug-likeness (QED) is 0.0456. The maximum Gasteiger partial charge on any atom is -0.00675 e. The van der Waals surface area contributed by atoms with Gasteiger partial charge in [-0.25, -0.2) is 0 Å². The molecule has 0 aliphatic carbocycles. The summed E-state index contributed by atoms with van der Waals surface area (Å²) in [5.74, 6) is 0. The third-order valence-electron chi connectivity index (χ3n) is 16.9. The normalized spacial score (nSPS) is 10.6. The van der Waals surface area contributed by atoms with Crippen molar-refractivity contribution < 1.29 is 39.6 Å². The van der Waals surface area contributed by atoms with Gasteiger partial charge in [0.05, 0.1) is 0 Å². The zero-order valence-electron chi connectivity index (χ0n) is 57.7. The van der Waals surface area contributed by atoms with Crippen LogP contribution < -0.4 is 95.5 Å². The summed E-state index contributed by atoms with van der Waals surface area (Å²) in [6, 6.07) is 171. The van der Waals surface area contributed by atoms with Gasteiger partial charge in [-0.05, 0) is 143 Å². The molecule has 0 saturated heterocycles. The first-order valence-electron chi connectivity index (χ1n) is 34.5. The molecule has 0 amide bonds. The van der Waals surface area contributed by atoms with Crippen LogP contribution in [0.2, 0.25) is 0 Å². The van der Waals surface area contributed by atoms with E-state index < -0.39 is 47.5 Å². The fraction of sp³-hybridized carbons (Fsp3) is 0. The SMILES string of the molecule is [Ag+].[Ag][I].c1ccc(P(c2ccccc2)c2ccccc2)cc1.c1ccc(P(c2ccccc2)c2ccccc2)cc1.c1ccc(P(c2ccccc2)c2ccccc2P(c2ccccc2)c2ccccc2)cc1.c1ccc(P(c2ccccc2)c2ccccc2P(c2ccccc2)c2ccccc2)cc1. The third kappa shape index (κ3) is 21.8.